The first-order valence-electron chi connectivity index (χ1n) is 8.39. The zero-order chi connectivity index (χ0) is 19.8. The summed E-state index contributed by atoms with van der Waals surface area (Å²) in [6, 6.07) is 13.3. The maximum atomic E-state index is 6.06. The van der Waals surface area contributed by atoms with Crippen molar-refractivity contribution in [3.05, 3.63) is 72.0 Å². The number of nitrogens with zero attached hydrogens (tertiary/aromatic N) is 2. The number of benzene rings is 2. The minimum Gasteiger partial charge on any atom is -0.462 e. The normalized spacial score (nSPS) is 12.3. The van der Waals surface area contributed by atoms with E-state index in [1.807, 2.05) is 74.5 Å². The molecule has 0 amide bonds. The molecular formula is C20H25N5OS. The fourth-order valence-electron chi connectivity index (χ4n) is 2.29. The number of hydrazine groups is 1. The van der Waals surface area contributed by atoms with E-state index in [4.69, 9.17) is 16.3 Å². The lowest BCUT2D eigenvalue weighted by Gasteiger charge is -2.14. The average molecular weight is 384 g/mol. The molecule has 27 heavy (non-hydrogen) atoms. The molecule has 0 heterocycles. The lowest BCUT2D eigenvalue weighted by Crippen LogP contribution is -2.26. The summed E-state index contributed by atoms with van der Waals surface area (Å²) in [4.78, 5) is 0.778. The molecule has 0 bridgehead atoms. The molecule has 2 aromatic rings. The molecule has 0 unspecified atom stereocenters. The molecule has 0 aliphatic carbocycles. The van der Waals surface area contributed by atoms with Crippen LogP contribution in [0.5, 0.6) is 5.75 Å². The lowest BCUT2D eigenvalue weighted by atomic mass is 10.1. The summed E-state index contributed by atoms with van der Waals surface area (Å²) < 4.78 is 5.76. The number of hydrogen-bond donors (Lipinski definition) is 4. The van der Waals surface area contributed by atoms with E-state index in [1.165, 1.54) is 5.12 Å². The van der Waals surface area contributed by atoms with Gasteiger partial charge >= 0.3 is 0 Å². The molecule has 0 fully saturated rings. The first kappa shape index (κ1) is 20.4. The van der Waals surface area contributed by atoms with Crippen molar-refractivity contribution in [2.24, 2.45) is 16.7 Å². The standard InChI is InChI=1S/C20H25N5OS/c1-4-5-6-14(2)26-16-9-7-15(8-10-16)23-19-12-11-17(27)13-18(19)20(21)24-25(3)22/h4-13,23,27H,22H2,1-3H3,(H2,21,24)/b5-4-,14-6+. The van der Waals surface area contributed by atoms with E-state index in [0.29, 0.717) is 11.4 Å². The predicted octanol–water partition coefficient (Wildman–Crippen LogP) is 4.00. The molecule has 0 radical (unpaired) electrons. The number of allylic oxidation sites excluding steroid dienone is 4. The SMILES string of the molecule is C/C=C\C=C(/C)Oc1ccc(Nc2ccc(S)cc2/C(N)=N/N(C)N)cc1. The Morgan fingerprint density at radius 1 is 1.22 bits per heavy atom. The average Bonchev–Trinajstić information content (AvgIpc) is 2.62. The first-order chi connectivity index (χ1) is 12.9. The summed E-state index contributed by atoms with van der Waals surface area (Å²) in [5.74, 6) is 7.43. The smallest absolute Gasteiger partial charge is 0.154 e. The maximum Gasteiger partial charge on any atom is 0.154 e. The van der Waals surface area contributed by atoms with E-state index in [0.717, 1.165) is 27.8 Å². The topological polar surface area (TPSA) is 88.9 Å². The third-order valence-electron chi connectivity index (χ3n) is 3.48. The van der Waals surface area contributed by atoms with Crippen molar-refractivity contribution in [1.29, 1.82) is 0 Å². The highest BCUT2D eigenvalue weighted by Gasteiger charge is 2.09. The van der Waals surface area contributed by atoms with Crippen LogP contribution < -0.4 is 21.6 Å². The van der Waals surface area contributed by atoms with Crippen molar-refractivity contribution in [3.63, 3.8) is 0 Å². The Bertz CT molecular complexity index is 857. The Hall–Kier alpha value is -2.90. The highest BCUT2D eigenvalue weighted by atomic mass is 32.1. The van der Waals surface area contributed by atoms with Crippen LogP contribution in [0.25, 0.3) is 0 Å². The van der Waals surface area contributed by atoms with Crippen LogP contribution in [0.2, 0.25) is 0 Å². The van der Waals surface area contributed by atoms with Gasteiger partial charge in [0.2, 0.25) is 0 Å². The molecule has 0 spiro atoms. The molecular weight excluding hydrogens is 358 g/mol. The summed E-state index contributed by atoms with van der Waals surface area (Å²) in [5.41, 5.74) is 8.46. The van der Waals surface area contributed by atoms with Gasteiger partial charge in [-0.2, -0.15) is 0 Å². The molecule has 0 aromatic heterocycles. The quantitative estimate of drug-likeness (QED) is 0.110. The van der Waals surface area contributed by atoms with E-state index in [-0.39, 0.29) is 0 Å². The van der Waals surface area contributed by atoms with Gasteiger partial charge < -0.3 is 15.8 Å². The maximum absolute atomic E-state index is 6.06. The number of thiol groups is 1. The Morgan fingerprint density at radius 2 is 1.93 bits per heavy atom. The van der Waals surface area contributed by atoms with Gasteiger partial charge in [-0.1, -0.05) is 12.2 Å². The number of anilines is 2. The van der Waals surface area contributed by atoms with Gasteiger partial charge in [0.05, 0.1) is 0 Å². The molecule has 0 saturated carbocycles. The van der Waals surface area contributed by atoms with Gasteiger partial charge in [0.15, 0.2) is 5.84 Å². The summed E-state index contributed by atoms with van der Waals surface area (Å²) in [7, 11) is 1.61. The molecule has 0 aliphatic rings. The van der Waals surface area contributed by atoms with Crippen LogP contribution in [0.4, 0.5) is 11.4 Å². The van der Waals surface area contributed by atoms with Gasteiger partial charge in [0.1, 0.15) is 11.5 Å². The van der Waals surface area contributed by atoms with E-state index >= 15 is 0 Å². The summed E-state index contributed by atoms with van der Waals surface area (Å²) in [6.07, 6.45) is 5.79. The highest BCUT2D eigenvalue weighted by molar-refractivity contribution is 7.80. The minimum atomic E-state index is 0.295. The zero-order valence-electron chi connectivity index (χ0n) is 15.7. The van der Waals surface area contributed by atoms with Gasteiger partial charge in [0.25, 0.3) is 0 Å². The molecule has 2 aromatic carbocycles. The van der Waals surface area contributed by atoms with E-state index in [9.17, 15) is 0 Å². The molecule has 6 nitrogen and oxygen atoms in total. The first-order valence-corrected chi connectivity index (χ1v) is 8.84. The number of nitrogens with two attached hydrogens (primary N) is 2. The summed E-state index contributed by atoms with van der Waals surface area (Å²) in [6.45, 7) is 3.87. The van der Waals surface area contributed by atoms with Gasteiger partial charge in [-0.25, -0.2) is 11.0 Å². The Kier molecular flexibility index (Phi) is 7.34. The second kappa shape index (κ2) is 9.70. The van der Waals surface area contributed by atoms with Crippen molar-refractivity contribution < 1.29 is 4.74 Å². The van der Waals surface area contributed by atoms with E-state index in [1.54, 1.807) is 7.05 Å². The van der Waals surface area contributed by atoms with Crippen molar-refractivity contribution in [1.82, 2.24) is 5.12 Å². The third kappa shape index (κ3) is 6.40. The van der Waals surface area contributed by atoms with Crippen LogP contribution in [-0.2, 0) is 0 Å². The van der Waals surface area contributed by atoms with Crippen molar-refractivity contribution >= 4 is 29.8 Å². The van der Waals surface area contributed by atoms with Crippen LogP contribution in [-0.4, -0.2) is 18.0 Å². The second-order valence-corrected chi connectivity index (χ2v) is 6.36. The zero-order valence-corrected chi connectivity index (χ0v) is 16.6. The number of ether oxygens (including phenoxy) is 1. The number of hydrazone groups is 1. The van der Waals surface area contributed by atoms with Crippen molar-refractivity contribution in [3.8, 4) is 5.75 Å². The molecule has 5 N–H and O–H groups in total. The molecule has 0 saturated heterocycles. The number of amidine groups is 1. The Labute approximate surface area is 165 Å². The van der Waals surface area contributed by atoms with Crippen LogP contribution >= 0.6 is 12.6 Å². The monoisotopic (exact) mass is 383 g/mol. The fourth-order valence-corrected chi connectivity index (χ4v) is 2.49. The van der Waals surface area contributed by atoms with Gasteiger partial charge in [-0.3, -0.25) is 0 Å². The van der Waals surface area contributed by atoms with Crippen molar-refractivity contribution in [2.75, 3.05) is 12.4 Å². The van der Waals surface area contributed by atoms with Gasteiger partial charge in [-0.05, 0) is 62.4 Å². The number of nitrogens with one attached hydrogen (secondary N) is 1. The second-order valence-electron chi connectivity index (χ2n) is 5.84. The molecule has 142 valence electrons. The Balaban J connectivity index is 2.20. The van der Waals surface area contributed by atoms with Crippen LogP contribution in [0.1, 0.15) is 19.4 Å². The fraction of sp³-hybridized carbons (Fsp3) is 0.150. The number of hydrogen-bond acceptors (Lipinski definition) is 6. The lowest BCUT2D eigenvalue weighted by molar-refractivity contribution is 0.371. The molecule has 0 atom stereocenters. The largest absolute Gasteiger partial charge is 0.462 e. The molecule has 2 rings (SSSR count). The van der Waals surface area contributed by atoms with Crippen LogP contribution in [0.15, 0.2) is 76.4 Å². The van der Waals surface area contributed by atoms with E-state index < -0.39 is 0 Å². The van der Waals surface area contributed by atoms with Gasteiger partial charge in [-0.15, -0.1) is 17.7 Å². The molecule has 7 heteroatoms. The molecule has 0 aliphatic heterocycles. The number of rotatable bonds is 7. The highest BCUT2D eigenvalue weighted by Crippen LogP contribution is 2.25. The van der Waals surface area contributed by atoms with Crippen LogP contribution in [0, 0.1) is 0 Å². The minimum absolute atomic E-state index is 0.295. The summed E-state index contributed by atoms with van der Waals surface area (Å²) in [5, 5.41) is 8.56. The van der Waals surface area contributed by atoms with E-state index in [2.05, 4.69) is 23.0 Å². The van der Waals surface area contributed by atoms with Crippen LogP contribution in [0.3, 0.4) is 0 Å². The van der Waals surface area contributed by atoms with Gasteiger partial charge in [0, 0.05) is 28.9 Å². The van der Waals surface area contributed by atoms with Crippen molar-refractivity contribution in [2.45, 2.75) is 18.7 Å². The summed E-state index contributed by atoms with van der Waals surface area (Å²) >= 11 is 4.37. The predicted molar refractivity (Wildman–Crippen MR) is 115 cm³/mol. The Morgan fingerprint density at radius 3 is 2.56 bits per heavy atom. The third-order valence-corrected chi connectivity index (χ3v) is 3.76.